The van der Waals surface area contributed by atoms with Gasteiger partial charge >= 0.3 is 5.69 Å². The number of hydrogen-bond acceptors (Lipinski definition) is 8. The first-order chi connectivity index (χ1) is 20.0. The Morgan fingerprint density at radius 1 is 1.10 bits per heavy atom. The molecule has 3 saturated carbocycles. The highest BCUT2D eigenvalue weighted by molar-refractivity contribution is 5.93. The van der Waals surface area contributed by atoms with Crippen molar-refractivity contribution in [2.75, 3.05) is 18.5 Å². The maximum absolute atomic E-state index is 11.4. The molecule has 0 aliphatic heterocycles. The van der Waals surface area contributed by atoms with Gasteiger partial charge in [-0.15, -0.1) is 0 Å². The van der Waals surface area contributed by atoms with Crippen molar-refractivity contribution in [1.82, 2.24) is 10.3 Å². The molecule has 1 aromatic heterocycles. The lowest BCUT2D eigenvalue weighted by molar-refractivity contribution is -0.383. The van der Waals surface area contributed by atoms with Gasteiger partial charge in [0.05, 0.1) is 16.3 Å². The highest BCUT2D eigenvalue weighted by Gasteiger charge is 2.59. The Kier molecular flexibility index (Phi) is 8.87. The van der Waals surface area contributed by atoms with Crippen LogP contribution in [0.15, 0.2) is 21.9 Å². The molecule has 0 radical (unpaired) electrons. The van der Waals surface area contributed by atoms with Crippen LogP contribution in [0.5, 0.6) is 0 Å². The van der Waals surface area contributed by atoms with Gasteiger partial charge in [-0.3, -0.25) is 10.1 Å². The van der Waals surface area contributed by atoms with Gasteiger partial charge in [-0.2, -0.15) is 0 Å². The average molecular weight is 582 g/mol. The van der Waals surface area contributed by atoms with Gasteiger partial charge in [-0.25, -0.2) is 4.63 Å². The molecular formula is C33H51N5O4. The van der Waals surface area contributed by atoms with Gasteiger partial charge in [0.1, 0.15) is 0 Å². The number of aromatic nitrogens is 2. The van der Waals surface area contributed by atoms with Crippen LogP contribution in [0, 0.1) is 56.5 Å². The zero-order valence-electron chi connectivity index (χ0n) is 26.5. The molecule has 3 aliphatic carbocycles. The summed E-state index contributed by atoms with van der Waals surface area (Å²) >= 11 is 0. The van der Waals surface area contributed by atoms with Crippen LogP contribution in [0.1, 0.15) is 105 Å². The average Bonchev–Trinajstić information content (AvgIpc) is 3.57. The Morgan fingerprint density at radius 2 is 1.86 bits per heavy atom. The quantitative estimate of drug-likeness (QED) is 0.160. The first-order valence-electron chi connectivity index (χ1n) is 16.3. The summed E-state index contributed by atoms with van der Waals surface area (Å²) in [6, 6.07) is 3.20. The third-order valence-corrected chi connectivity index (χ3v) is 12.1. The van der Waals surface area contributed by atoms with E-state index in [-0.39, 0.29) is 16.6 Å². The van der Waals surface area contributed by atoms with E-state index >= 15 is 0 Å². The molecule has 1 heterocycles. The number of nitrogens with zero attached hydrogens (tertiary/aromatic N) is 5. The van der Waals surface area contributed by atoms with E-state index in [2.05, 4.69) is 55.0 Å². The van der Waals surface area contributed by atoms with Crippen molar-refractivity contribution < 1.29 is 14.8 Å². The monoisotopic (exact) mass is 581 g/mol. The van der Waals surface area contributed by atoms with Crippen LogP contribution in [0.2, 0.25) is 0 Å². The largest absolute Gasteiger partial charge is 0.411 e. The summed E-state index contributed by atoms with van der Waals surface area (Å²) in [5.41, 5.74) is 2.54. The molecule has 0 saturated heterocycles. The smallest absolute Gasteiger partial charge is 0.300 e. The predicted octanol–water partition coefficient (Wildman–Crippen LogP) is 8.50. The van der Waals surface area contributed by atoms with E-state index in [9.17, 15) is 15.3 Å². The van der Waals surface area contributed by atoms with Crippen LogP contribution in [-0.2, 0) is 0 Å². The van der Waals surface area contributed by atoms with E-state index in [1.54, 1.807) is 6.07 Å². The fourth-order valence-electron chi connectivity index (χ4n) is 9.90. The Bertz CT molecular complexity index is 1290. The highest BCUT2D eigenvalue weighted by Crippen LogP contribution is 2.66. The molecule has 2 aromatic rings. The first kappa shape index (κ1) is 30.7. The van der Waals surface area contributed by atoms with Crippen molar-refractivity contribution >= 4 is 28.1 Å². The van der Waals surface area contributed by atoms with E-state index in [0.29, 0.717) is 22.8 Å². The van der Waals surface area contributed by atoms with Crippen molar-refractivity contribution in [3.8, 4) is 0 Å². The van der Waals surface area contributed by atoms with Crippen LogP contribution in [0.3, 0.4) is 0 Å². The fourth-order valence-corrected chi connectivity index (χ4v) is 9.90. The molecule has 0 unspecified atom stereocenters. The SMILES string of the molecule is CC(C)CCC[C@@H](C)[C@H]1CC[C@H]2[C@@H]3CC/C(=N/O)[C@](C)(CCCN(C)c4ccc([N+](=O)[O-])c5nonc45)[C@H]3CC[C@]12C. The number of non-ortho nitro benzene ring substituents is 1. The van der Waals surface area contributed by atoms with Gasteiger partial charge in [0, 0.05) is 25.1 Å². The number of benzene rings is 1. The van der Waals surface area contributed by atoms with Gasteiger partial charge in [0.25, 0.3) is 0 Å². The molecule has 3 aliphatic rings. The van der Waals surface area contributed by atoms with E-state index in [1.165, 1.54) is 51.0 Å². The third kappa shape index (κ3) is 5.41. The molecule has 7 atom stereocenters. The van der Waals surface area contributed by atoms with E-state index in [4.69, 9.17) is 4.63 Å². The van der Waals surface area contributed by atoms with E-state index < -0.39 is 4.92 Å². The van der Waals surface area contributed by atoms with Crippen molar-refractivity contribution in [2.24, 2.45) is 51.5 Å². The Morgan fingerprint density at radius 3 is 2.57 bits per heavy atom. The molecule has 1 aromatic carbocycles. The fraction of sp³-hybridized carbons (Fsp3) is 0.788. The van der Waals surface area contributed by atoms with Crippen LogP contribution in [0.4, 0.5) is 11.4 Å². The van der Waals surface area contributed by atoms with Crippen molar-refractivity contribution in [2.45, 2.75) is 105 Å². The molecule has 42 heavy (non-hydrogen) atoms. The van der Waals surface area contributed by atoms with Gasteiger partial charge < -0.3 is 10.1 Å². The number of hydrogen-bond donors (Lipinski definition) is 1. The number of nitro benzene ring substituents is 1. The minimum Gasteiger partial charge on any atom is -0.411 e. The summed E-state index contributed by atoms with van der Waals surface area (Å²) in [4.78, 5) is 13.0. The molecule has 5 rings (SSSR count). The number of rotatable bonds is 11. The van der Waals surface area contributed by atoms with Gasteiger partial charge in [0.15, 0.2) is 5.52 Å². The summed E-state index contributed by atoms with van der Waals surface area (Å²) in [6.07, 6.45) is 13.2. The van der Waals surface area contributed by atoms with Crippen LogP contribution in [0.25, 0.3) is 11.0 Å². The van der Waals surface area contributed by atoms with Crippen LogP contribution >= 0.6 is 0 Å². The van der Waals surface area contributed by atoms with E-state index in [0.717, 1.165) is 67.3 Å². The maximum Gasteiger partial charge on any atom is 0.300 e. The molecule has 9 heteroatoms. The van der Waals surface area contributed by atoms with E-state index in [1.807, 2.05) is 7.05 Å². The number of anilines is 1. The molecular weight excluding hydrogens is 530 g/mol. The lowest BCUT2D eigenvalue weighted by Gasteiger charge is -2.57. The van der Waals surface area contributed by atoms with Crippen molar-refractivity contribution in [1.29, 1.82) is 0 Å². The summed E-state index contributed by atoms with van der Waals surface area (Å²) in [7, 11) is 1.98. The molecule has 9 nitrogen and oxygen atoms in total. The summed E-state index contributed by atoms with van der Waals surface area (Å²) in [5, 5.41) is 33.2. The maximum atomic E-state index is 11.4. The Balaban J connectivity index is 1.27. The lowest BCUT2D eigenvalue weighted by Crippen LogP contribution is -2.52. The van der Waals surface area contributed by atoms with Gasteiger partial charge in [-0.05, 0) is 109 Å². The predicted molar refractivity (Wildman–Crippen MR) is 166 cm³/mol. The molecule has 1 N–H and O–H groups in total. The molecule has 3 fully saturated rings. The Labute approximate surface area is 250 Å². The van der Waals surface area contributed by atoms with Gasteiger partial charge in [-0.1, -0.05) is 59.0 Å². The third-order valence-electron chi connectivity index (χ3n) is 12.1. The highest BCUT2D eigenvalue weighted by atomic mass is 16.6. The molecule has 232 valence electrons. The first-order valence-corrected chi connectivity index (χ1v) is 16.3. The minimum atomic E-state index is -0.457. The standard InChI is InChI=1S/C33H51N5O4/c1-21(2)9-7-10-22(3)24-12-13-25-23-11-16-29(34-39)33(5,26(23)17-19-32(24,25)4)18-8-20-37(6)27-14-15-28(38(40)41)31-30(27)35-42-36-31/h14-15,21-26,39H,7-13,16-20H2,1-6H3/b34-29-/t22-,23+,24-,25+,26+,32-,33-/m1/s1. The molecule has 0 bridgehead atoms. The van der Waals surface area contributed by atoms with Crippen LogP contribution in [-0.4, -0.2) is 39.7 Å². The number of oxime groups is 1. The van der Waals surface area contributed by atoms with Gasteiger partial charge in [0.2, 0.25) is 5.52 Å². The zero-order valence-corrected chi connectivity index (χ0v) is 26.5. The normalized spacial score (nSPS) is 32.7. The van der Waals surface area contributed by atoms with Crippen molar-refractivity contribution in [3.05, 3.63) is 22.2 Å². The Hall–Kier alpha value is -2.71. The molecule has 0 spiro atoms. The summed E-state index contributed by atoms with van der Waals surface area (Å²) in [6.45, 7) is 12.9. The second-order valence-corrected chi connectivity index (χ2v) is 14.8. The minimum absolute atomic E-state index is 0.101. The zero-order chi connectivity index (χ0) is 30.2. The van der Waals surface area contributed by atoms with Crippen molar-refractivity contribution in [3.63, 3.8) is 0 Å². The van der Waals surface area contributed by atoms with Crippen LogP contribution < -0.4 is 4.90 Å². The number of nitro groups is 1. The second-order valence-electron chi connectivity index (χ2n) is 14.8. The second kappa shape index (κ2) is 12.1. The summed E-state index contributed by atoms with van der Waals surface area (Å²) in [5.74, 6) is 4.41. The summed E-state index contributed by atoms with van der Waals surface area (Å²) < 4.78 is 4.87. The molecule has 0 amide bonds. The topological polar surface area (TPSA) is 118 Å². The lowest BCUT2D eigenvalue weighted by atomic mass is 9.47. The number of fused-ring (bicyclic) bond motifs is 4.